The van der Waals surface area contributed by atoms with E-state index in [0.29, 0.717) is 0 Å². The topological polar surface area (TPSA) is 27.7 Å². The van der Waals surface area contributed by atoms with Crippen LogP contribution < -0.4 is 0 Å². The fourth-order valence-corrected chi connectivity index (χ4v) is 4.13. The summed E-state index contributed by atoms with van der Waals surface area (Å²) in [7, 11) is 2.41. The second-order valence-electron chi connectivity index (χ2n) is 3.42. The van der Waals surface area contributed by atoms with E-state index in [1.54, 1.807) is 21.3 Å². The molecule has 0 aliphatic heterocycles. The molecule has 0 aromatic carbocycles. The smallest absolute Gasteiger partial charge is 0.376 e. The van der Waals surface area contributed by atoms with Crippen LogP contribution in [0.25, 0.3) is 0 Å². The second kappa shape index (κ2) is 4.40. The standard InChI is InChI=1S/C10H18O3Si/c1-8-6-7-10(9(8)2)14(11-3,12-4)13-5/h6-7,10H,1-5H3. The molecule has 0 aromatic rings. The number of hydrogen-bond donors (Lipinski definition) is 0. The van der Waals surface area contributed by atoms with Gasteiger partial charge in [-0.2, -0.15) is 0 Å². The Labute approximate surface area is 86.7 Å². The lowest BCUT2D eigenvalue weighted by molar-refractivity contribution is 0.120. The molecule has 1 unspecified atom stereocenters. The predicted octanol–water partition coefficient (Wildman–Crippen LogP) is 2.14. The lowest BCUT2D eigenvalue weighted by atomic mass is 10.2. The van der Waals surface area contributed by atoms with Gasteiger partial charge in [0.05, 0.1) is 5.54 Å². The van der Waals surface area contributed by atoms with E-state index in [9.17, 15) is 0 Å². The average molecular weight is 214 g/mol. The van der Waals surface area contributed by atoms with Crippen LogP contribution in [0.5, 0.6) is 0 Å². The van der Waals surface area contributed by atoms with Gasteiger partial charge in [-0.3, -0.25) is 0 Å². The Balaban J connectivity index is 2.97. The highest BCUT2D eigenvalue weighted by Gasteiger charge is 2.48. The third-order valence-corrected chi connectivity index (χ3v) is 5.96. The molecule has 0 bridgehead atoms. The van der Waals surface area contributed by atoms with Crippen molar-refractivity contribution in [2.24, 2.45) is 0 Å². The summed E-state index contributed by atoms with van der Waals surface area (Å²) >= 11 is 0. The predicted molar refractivity (Wildman–Crippen MR) is 58.0 cm³/mol. The van der Waals surface area contributed by atoms with Gasteiger partial charge in [0.2, 0.25) is 0 Å². The summed E-state index contributed by atoms with van der Waals surface area (Å²) in [4.78, 5) is 0. The van der Waals surface area contributed by atoms with Crippen LogP contribution in [0, 0.1) is 0 Å². The summed E-state index contributed by atoms with van der Waals surface area (Å²) in [5, 5.41) is 0. The van der Waals surface area contributed by atoms with Crippen LogP contribution in [0.4, 0.5) is 0 Å². The Morgan fingerprint density at radius 2 is 1.57 bits per heavy atom. The monoisotopic (exact) mass is 214 g/mol. The molecule has 1 rings (SSSR count). The van der Waals surface area contributed by atoms with E-state index in [0.717, 1.165) is 0 Å². The highest BCUT2D eigenvalue weighted by Crippen LogP contribution is 2.38. The number of rotatable bonds is 4. The van der Waals surface area contributed by atoms with E-state index in [1.807, 2.05) is 0 Å². The molecule has 0 amide bonds. The fourth-order valence-electron chi connectivity index (χ4n) is 1.78. The molecule has 1 aliphatic rings. The first-order chi connectivity index (χ1) is 6.61. The minimum atomic E-state index is -2.53. The lowest BCUT2D eigenvalue weighted by Gasteiger charge is -2.30. The quantitative estimate of drug-likeness (QED) is 0.671. The van der Waals surface area contributed by atoms with Crippen molar-refractivity contribution in [1.82, 2.24) is 0 Å². The maximum absolute atomic E-state index is 5.45. The summed E-state index contributed by atoms with van der Waals surface area (Å²) in [5.41, 5.74) is 2.72. The van der Waals surface area contributed by atoms with Gasteiger partial charge in [0.1, 0.15) is 0 Å². The molecular weight excluding hydrogens is 196 g/mol. The van der Waals surface area contributed by atoms with Crippen LogP contribution in [0.1, 0.15) is 13.8 Å². The van der Waals surface area contributed by atoms with Crippen molar-refractivity contribution in [2.75, 3.05) is 21.3 Å². The Bertz CT molecular complexity index is 258. The van der Waals surface area contributed by atoms with Crippen molar-refractivity contribution in [3.8, 4) is 0 Å². The molecular formula is C10H18O3Si. The zero-order valence-electron chi connectivity index (χ0n) is 9.46. The summed E-state index contributed by atoms with van der Waals surface area (Å²) in [6, 6.07) is 0. The van der Waals surface area contributed by atoms with Crippen molar-refractivity contribution in [3.63, 3.8) is 0 Å². The van der Waals surface area contributed by atoms with Gasteiger partial charge in [0, 0.05) is 21.3 Å². The van der Waals surface area contributed by atoms with E-state index < -0.39 is 8.80 Å². The van der Waals surface area contributed by atoms with Gasteiger partial charge in [-0.05, 0) is 13.8 Å². The molecule has 1 aliphatic carbocycles. The minimum absolute atomic E-state index is 0.169. The van der Waals surface area contributed by atoms with Crippen LogP contribution in [0.15, 0.2) is 23.3 Å². The molecule has 0 radical (unpaired) electrons. The van der Waals surface area contributed by atoms with Crippen molar-refractivity contribution >= 4 is 8.80 Å². The van der Waals surface area contributed by atoms with E-state index in [4.69, 9.17) is 13.3 Å². The highest BCUT2D eigenvalue weighted by molar-refractivity contribution is 6.63. The molecule has 4 heteroatoms. The maximum Gasteiger partial charge on any atom is 0.511 e. The summed E-state index contributed by atoms with van der Waals surface area (Å²) in [6.45, 7) is 4.19. The molecule has 14 heavy (non-hydrogen) atoms. The normalized spacial score (nSPS) is 22.2. The third-order valence-electron chi connectivity index (χ3n) is 2.86. The zero-order chi connectivity index (χ0) is 10.8. The first kappa shape index (κ1) is 11.7. The molecule has 0 spiro atoms. The van der Waals surface area contributed by atoms with E-state index >= 15 is 0 Å². The fraction of sp³-hybridized carbons (Fsp3) is 0.600. The first-order valence-corrected chi connectivity index (χ1v) is 6.42. The van der Waals surface area contributed by atoms with Gasteiger partial charge in [0.15, 0.2) is 0 Å². The highest BCUT2D eigenvalue weighted by atomic mass is 28.4. The first-order valence-electron chi connectivity index (χ1n) is 4.62. The molecule has 0 heterocycles. The second-order valence-corrected chi connectivity index (χ2v) is 6.47. The Hall–Kier alpha value is -0.423. The van der Waals surface area contributed by atoms with Gasteiger partial charge in [-0.15, -0.1) is 0 Å². The molecule has 80 valence electrons. The van der Waals surface area contributed by atoms with Gasteiger partial charge in [-0.1, -0.05) is 23.3 Å². The Morgan fingerprint density at radius 3 is 1.86 bits per heavy atom. The van der Waals surface area contributed by atoms with E-state index in [2.05, 4.69) is 26.0 Å². The van der Waals surface area contributed by atoms with Crippen LogP contribution in [-0.4, -0.2) is 30.1 Å². The van der Waals surface area contributed by atoms with Crippen LogP contribution in [-0.2, 0) is 13.3 Å². The zero-order valence-corrected chi connectivity index (χ0v) is 10.5. The van der Waals surface area contributed by atoms with Gasteiger partial charge >= 0.3 is 8.80 Å². The Kier molecular flexibility index (Phi) is 3.66. The van der Waals surface area contributed by atoms with Crippen molar-refractivity contribution in [3.05, 3.63) is 23.3 Å². The largest absolute Gasteiger partial charge is 0.511 e. The number of hydrogen-bond acceptors (Lipinski definition) is 3. The molecule has 0 aromatic heterocycles. The molecule has 0 saturated heterocycles. The van der Waals surface area contributed by atoms with Crippen molar-refractivity contribution < 1.29 is 13.3 Å². The van der Waals surface area contributed by atoms with Crippen LogP contribution in [0.2, 0.25) is 5.54 Å². The lowest BCUT2D eigenvalue weighted by Crippen LogP contribution is -2.47. The molecule has 0 saturated carbocycles. The van der Waals surface area contributed by atoms with E-state index in [1.165, 1.54) is 11.1 Å². The molecule has 3 nitrogen and oxygen atoms in total. The third kappa shape index (κ3) is 1.70. The average Bonchev–Trinajstić information content (AvgIpc) is 2.54. The summed E-state index contributed by atoms with van der Waals surface area (Å²) in [6.07, 6.45) is 4.20. The van der Waals surface area contributed by atoms with Crippen LogP contribution >= 0.6 is 0 Å². The molecule has 1 atom stereocenters. The Morgan fingerprint density at radius 1 is 1.07 bits per heavy atom. The SMILES string of the molecule is CO[Si](OC)(OC)C1C=CC(C)=C1C. The van der Waals surface area contributed by atoms with Gasteiger partial charge in [0.25, 0.3) is 0 Å². The van der Waals surface area contributed by atoms with Crippen molar-refractivity contribution in [2.45, 2.75) is 19.4 Å². The van der Waals surface area contributed by atoms with Gasteiger partial charge in [-0.25, -0.2) is 0 Å². The summed E-state index contributed by atoms with van der Waals surface area (Å²) < 4.78 is 16.3. The molecule has 0 fully saturated rings. The van der Waals surface area contributed by atoms with Crippen molar-refractivity contribution in [1.29, 1.82) is 0 Å². The molecule has 0 N–H and O–H groups in total. The van der Waals surface area contributed by atoms with Crippen LogP contribution in [0.3, 0.4) is 0 Å². The van der Waals surface area contributed by atoms with E-state index in [-0.39, 0.29) is 5.54 Å². The minimum Gasteiger partial charge on any atom is -0.376 e. The maximum atomic E-state index is 5.45. The number of allylic oxidation sites excluding steroid dienone is 4. The summed E-state index contributed by atoms with van der Waals surface area (Å²) in [5.74, 6) is 0. The van der Waals surface area contributed by atoms with Gasteiger partial charge < -0.3 is 13.3 Å².